The molecular formula is C17H26FN3. The Morgan fingerprint density at radius 2 is 2.10 bits per heavy atom. The molecular weight excluding hydrogens is 265 g/mol. The molecule has 1 saturated carbocycles. The highest BCUT2D eigenvalue weighted by Crippen LogP contribution is 2.29. The SMILES string of the molecule is CN(C)C1CCCN(c2c(F)cccc2CNC2CC2)C1. The van der Waals surface area contributed by atoms with Crippen LogP contribution in [-0.4, -0.2) is 44.2 Å². The molecule has 0 radical (unpaired) electrons. The summed E-state index contributed by atoms with van der Waals surface area (Å²) in [5.74, 6) is -0.0792. The molecule has 4 heteroatoms. The lowest BCUT2D eigenvalue weighted by Crippen LogP contribution is -2.45. The number of rotatable bonds is 5. The van der Waals surface area contributed by atoms with Gasteiger partial charge in [-0.1, -0.05) is 12.1 Å². The maximum absolute atomic E-state index is 14.4. The minimum atomic E-state index is -0.0792. The third-order valence-corrected chi connectivity index (χ3v) is 4.67. The number of nitrogens with zero attached hydrogens (tertiary/aromatic N) is 2. The highest BCUT2D eigenvalue weighted by molar-refractivity contribution is 5.55. The predicted molar refractivity (Wildman–Crippen MR) is 85.2 cm³/mol. The number of hydrogen-bond donors (Lipinski definition) is 1. The molecule has 2 fully saturated rings. The van der Waals surface area contributed by atoms with E-state index in [-0.39, 0.29) is 5.82 Å². The van der Waals surface area contributed by atoms with Crippen LogP contribution in [0.5, 0.6) is 0 Å². The lowest BCUT2D eigenvalue weighted by atomic mass is 10.0. The minimum Gasteiger partial charge on any atom is -0.367 e. The van der Waals surface area contributed by atoms with Gasteiger partial charge in [-0.05, 0) is 51.4 Å². The second kappa shape index (κ2) is 6.32. The summed E-state index contributed by atoms with van der Waals surface area (Å²) in [6, 6.07) is 6.65. The van der Waals surface area contributed by atoms with Gasteiger partial charge in [0.1, 0.15) is 5.82 Å². The van der Waals surface area contributed by atoms with Crippen molar-refractivity contribution in [2.75, 3.05) is 32.1 Å². The molecule has 0 amide bonds. The molecule has 1 N–H and O–H groups in total. The molecule has 2 aliphatic rings. The van der Waals surface area contributed by atoms with Crippen molar-refractivity contribution in [2.45, 2.75) is 44.3 Å². The Kier molecular flexibility index (Phi) is 4.45. The maximum atomic E-state index is 14.4. The van der Waals surface area contributed by atoms with Crippen molar-refractivity contribution >= 4 is 5.69 Å². The predicted octanol–water partition coefficient (Wildman–Crippen LogP) is 2.61. The Hall–Kier alpha value is -1.13. The molecule has 21 heavy (non-hydrogen) atoms. The first-order chi connectivity index (χ1) is 10.1. The zero-order chi connectivity index (χ0) is 14.8. The lowest BCUT2D eigenvalue weighted by molar-refractivity contribution is 0.257. The minimum absolute atomic E-state index is 0.0792. The number of halogens is 1. The third-order valence-electron chi connectivity index (χ3n) is 4.67. The van der Waals surface area contributed by atoms with E-state index < -0.39 is 0 Å². The average molecular weight is 291 g/mol. The Labute approximate surface area is 127 Å². The molecule has 3 nitrogen and oxygen atoms in total. The number of hydrogen-bond acceptors (Lipinski definition) is 3. The van der Waals surface area contributed by atoms with Gasteiger partial charge in [-0.25, -0.2) is 4.39 Å². The Bertz CT molecular complexity index is 485. The Balaban J connectivity index is 1.78. The summed E-state index contributed by atoms with van der Waals surface area (Å²) < 4.78 is 14.4. The van der Waals surface area contributed by atoms with E-state index in [1.165, 1.54) is 19.3 Å². The first-order valence-electron chi connectivity index (χ1n) is 8.07. The van der Waals surface area contributed by atoms with E-state index in [0.29, 0.717) is 12.1 Å². The summed E-state index contributed by atoms with van der Waals surface area (Å²) in [5, 5.41) is 3.51. The monoisotopic (exact) mass is 291 g/mol. The molecule has 3 rings (SSSR count). The van der Waals surface area contributed by atoms with Crippen molar-refractivity contribution < 1.29 is 4.39 Å². The summed E-state index contributed by atoms with van der Waals surface area (Å²) in [6.45, 7) is 2.66. The van der Waals surface area contributed by atoms with Gasteiger partial charge in [0.05, 0.1) is 5.69 Å². The normalized spacial score (nSPS) is 22.9. The van der Waals surface area contributed by atoms with Crippen molar-refractivity contribution in [3.63, 3.8) is 0 Å². The summed E-state index contributed by atoms with van der Waals surface area (Å²) >= 11 is 0. The molecule has 1 aromatic carbocycles. The molecule has 0 spiro atoms. The Morgan fingerprint density at radius 3 is 2.81 bits per heavy atom. The highest BCUT2D eigenvalue weighted by atomic mass is 19.1. The molecule has 0 aromatic heterocycles. The fraction of sp³-hybridized carbons (Fsp3) is 0.647. The van der Waals surface area contributed by atoms with Crippen LogP contribution in [0, 0.1) is 5.82 Å². The summed E-state index contributed by atoms with van der Waals surface area (Å²) in [4.78, 5) is 4.50. The summed E-state index contributed by atoms with van der Waals surface area (Å²) in [6.07, 6.45) is 4.86. The van der Waals surface area contributed by atoms with Crippen molar-refractivity contribution in [3.05, 3.63) is 29.6 Å². The molecule has 1 atom stereocenters. The third kappa shape index (κ3) is 3.55. The van der Waals surface area contributed by atoms with E-state index in [2.05, 4.69) is 35.3 Å². The van der Waals surface area contributed by atoms with Crippen molar-refractivity contribution in [1.29, 1.82) is 0 Å². The zero-order valence-corrected chi connectivity index (χ0v) is 13.1. The summed E-state index contributed by atoms with van der Waals surface area (Å²) in [5.41, 5.74) is 1.92. The van der Waals surface area contributed by atoms with E-state index in [0.717, 1.165) is 37.3 Å². The van der Waals surface area contributed by atoms with Gasteiger partial charge in [0.2, 0.25) is 0 Å². The number of para-hydroxylation sites is 1. The zero-order valence-electron chi connectivity index (χ0n) is 13.1. The van der Waals surface area contributed by atoms with E-state index in [4.69, 9.17) is 0 Å². The van der Waals surface area contributed by atoms with Gasteiger partial charge in [-0.3, -0.25) is 0 Å². The molecule has 1 saturated heterocycles. The van der Waals surface area contributed by atoms with Crippen LogP contribution in [0.4, 0.5) is 10.1 Å². The molecule has 116 valence electrons. The average Bonchev–Trinajstić information content (AvgIpc) is 3.29. The number of piperidine rings is 1. The van der Waals surface area contributed by atoms with Gasteiger partial charge >= 0.3 is 0 Å². The van der Waals surface area contributed by atoms with Crippen LogP contribution in [0.2, 0.25) is 0 Å². The van der Waals surface area contributed by atoms with E-state index in [1.54, 1.807) is 6.07 Å². The summed E-state index contributed by atoms with van der Waals surface area (Å²) in [7, 11) is 4.23. The van der Waals surface area contributed by atoms with Crippen LogP contribution < -0.4 is 10.2 Å². The lowest BCUT2D eigenvalue weighted by Gasteiger charge is -2.38. The van der Waals surface area contributed by atoms with E-state index >= 15 is 0 Å². The van der Waals surface area contributed by atoms with Gasteiger partial charge < -0.3 is 15.1 Å². The van der Waals surface area contributed by atoms with Gasteiger partial charge in [0.15, 0.2) is 0 Å². The molecule has 1 unspecified atom stereocenters. The first-order valence-corrected chi connectivity index (χ1v) is 8.07. The van der Waals surface area contributed by atoms with Gasteiger partial charge in [0.25, 0.3) is 0 Å². The molecule has 0 bridgehead atoms. The number of likely N-dealkylation sites (N-methyl/N-ethyl adjacent to an activating group) is 1. The fourth-order valence-electron chi connectivity index (χ4n) is 3.18. The number of nitrogens with one attached hydrogen (secondary N) is 1. The number of anilines is 1. The van der Waals surface area contributed by atoms with Crippen molar-refractivity contribution in [2.24, 2.45) is 0 Å². The van der Waals surface area contributed by atoms with Crippen LogP contribution in [0.15, 0.2) is 18.2 Å². The highest BCUT2D eigenvalue weighted by Gasteiger charge is 2.26. The molecule has 1 heterocycles. The first kappa shape index (κ1) is 14.8. The molecule has 1 aliphatic heterocycles. The molecule has 1 aromatic rings. The maximum Gasteiger partial charge on any atom is 0.146 e. The van der Waals surface area contributed by atoms with Gasteiger partial charge in [0, 0.05) is 31.7 Å². The van der Waals surface area contributed by atoms with Crippen LogP contribution in [0.25, 0.3) is 0 Å². The van der Waals surface area contributed by atoms with Gasteiger partial charge in [-0.15, -0.1) is 0 Å². The standard InChI is InChI=1S/C17H26FN3/c1-20(2)15-6-4-10-21(12-15)17-13(5-3-7-16(17)18)11-19-14-8-9-14/h3,5,7,14-15,19H,4,6,8-12H2,1-2H3. The number of benzene rings is 1. The topological polar surface area (TPSA) is 18.5 Å². The van der Waals surface area contributed by atoms with Crippen molar-refractivity contribution in [1.82, 2.24) is 10.2 Å². The van der Waals surface area contributed by atoms with E-state index in [9.17, 15) is 4.39 Å². The fourth-order valence-corrected chi connectivity index (χ4v) is 3.18. The van der Waals surface area contributed by atoms with Crippen LogP contribution >= 0.6 is 0 Å². The quantitative estimate of drug-likeness (QED) is 0.899. The largest absolute Gasteiger partial charge is 0.367 e. The second-order valence-electron chi connectivity index (χ2n) is 6.61. The van der Waals surface area contributed by atoms with Crippen LogP contribution in [0.1, 0.15) is 31.2 Å². The molecule has 1 aliphatic carbocycles. The van der Waals surface area contributed by atoms with Crippen molar-refractivity contribution in [3.8, 4) is 0 Å². The van der Waals surface area contributed by atoms with E-state index in [1.807, 2.05) is 6.07 Å². The smallest absolute Gasteiger partial charge is 0.146 e. The second-order valence-corrected chi connectivity index (χ2v) is 6.61. The Morgan fingerprint density at radius 1 is 1.29 bits per heavy atom. The van der Waals surface area contributed by atoms with Crippen LogP contribution in [0.3, 0.4) is 0 Å². The van der Waals surface area contributed by atoms with Gasteiger partial charge in [-0.2, -0.15) is 0 Å². The van der Waals surface area contributed by atoms with Crippen LogP contribution in [-0.2, 0) is 6.54 Å².